The molecular formula is C11H20N2. The average molecular weight is 180 g/mol. The van der Waals surface area contributed by atoms with Gasteiger partial charge >= 0.3 is 0 Å². The van der Waals surface area contributed by atoms with Crippen molar-refractivity contribution in [2.24, 2.45) is 0 Å². The van der Waals surface area contributed by atoms with E-state index in [0.29, 0.717) is 0 Å². The lowest BCUT2D eigenvalue weighted by atomic mass is 10.2. The fourth-order valence-electron chi connectivity index (χ4n) is 1.27. The second-order valence-electron chi connectivity index (χ2n) is 2.76. The van der Waals surface area contributed by atoms with E-state index in [-0.39, 0.29) is 7.43 Å². The van der Waals surface area contributed by atoms with Crippen LogP contribution >= 0.6 is 0 Å². The van der Waals surface area contributed by atoms with Gasteiger partial charge in [-0.2, -0.15) is 0 Å². The Balaban J connectivity index is 0.00000144. The Labute approximate surface area is 81.4 Å². The van der Waals surface area contributed by atoms with Crippen molar-refractivity contribution in [3.63, 3.8) is 0 Å². The van der Waals surface area contributed by atoms with Crippen molar-refractivity contribution in [1.29, 1.82) is 0 Å². The number of nitrogens with zero attached hydrogens (tertiary/aromatic N) is 1. The Morgan fingerprint density at radius 1 is 1.08 bits per heavy atom. The van der Waals surface area contributed by atoms with Crippen LogP contribution in [0.15, 0.2) is 24.3 Å². The fraction of sp³-hybridized carbons (Fsp3) is 0.455. The molecule has 13 heavy (non-hydrogen) atoms. The Morgan fingerprint density at radius 3 is 1.92 bits per heavy atom. The third kappa shape index (κ3) is 2.98. The van der Waals surface area contributed by atoms with Crippen LogP contribution in [0.25, 0.3) is 0 Å². The molecule has 0 atom stereocenters. The van der Waals surface area contributed by atoms with Gasteiger partial charge in [-0.3, -0.25) is 0 Å². The molecule has 1 aromatic rings. The van der Waals surface area contributed by atoms with E-state index in [0.717, 1.165) is 18.8 Å². The van der Waals surface area contributed by atoms with Gasteiger partial charge in [0.2, 0.25) is 0 Å². The summed E-state index contributed by atoms with van der Waals surface area (Å²) in [6, 6.07) is 7.99. The smallest absolute Gasteiger partial charge is 0.0367 e. The van der Waals surface area contributed by atoms with Gasteiger partial charge in [0.05, 0.1) is 0 Å². The van der Waals surface area contributed by atoms with Crippen LogP contribution in [0.4, 0.5) is 11.4 Å². The molecule has 0 amide bonds. The molecule has 0 spiro atoms. The van der Waals surface area contributed by atoms with Crippen LogP contribution in [-0.2, 0) is 0 Å². The molecular weight excluding hydrogens is 160 g/mol. The van der Waals surface area contributed by atoms with Crippen molar-refractivity contribution in [1.82, 2.24) is 0 Å². The van der Waals surface area contributed by atoms with Crippen molar-refractivity contribution in [3.8, 4) is 0 Å². The van der Waals surface area contributed by atoms with Gasteiger partial charge in [0.1, 0.15) is 0 Å². The lowest BCUT2D eigenvalue weighted by Crippen LogP contribution is -2.21. The van der Waals surface area contributed by atoms with E-state index in [1.54, 1.807) is 0 Å². The second kappa shape index (κ2) is 5.46. The Bertz CT molecular complexity index is 224. The molecule has 0 bridgehead atoms. The summed E-state index contributed by atoms with van der Waals surface area (Å²) in [5.74, 6) is 0. The summed E-state index contributed by atoms with van der Waals surface area (Å²) in [6.07, 6.45) is 0. The molecule has 2 nitrogen and oxygen atoms in total. The predicted octanol–water partition coefficient (Wildman–Crippen LogP) is 2.75. The molecule has 74 valence electrons. The highest BCUT2D eigenvalue weighted by Crippen LogP contribution is 2.15. The number of hydrogen-bond acceptors (Lipinski definition) is 2. The summed E-state index contributed by atoms with van der Waals surface area (Å²) in [5.41, 5.74) is 7.66. The summed E-state index contributed by atoms with van der Waals surface area (Å²) < 4.78 is 0. The zero-order valence-electron chi connectivity index (χ0n) is 7.75. The standard InChI is InChI=1S/C10H16N2.CH4/c1-3-12(4-2)10-7-5-9(11)6-8-10;/h5-8H,3-4,11H2,1-2H3;1H4. The molecule has 0 heterocycles. The van der Waals surface area contributed by atoms with Gasteiger partial charge in [0.15, 0.2) is 0 Å². The van der Waals surface area contributed by atoms with Gasteiger partial charge in [-0.15, -0.1) is 0 Å². The van der Waals surface area contributed by atoms with Gasteiger partial charge < -0.3 is 10.6 Å². The van der Waals surface area contributed by atoms with Crippen LogP contribution in [0.1, 0.15) is 21.3 Å². The number of benzene rings is 1. The Hall–Kier alpha value is -1.18. The maximum absolute atomic E-state index is 5.59. The van der Waals surface area contributed by atoms with Gasteiger partial charge in [-0.1, -0.05) is 7.43 Å². The molecule has 1 rings (SSSR count). The SMILES string of the molecule is C.CCN(CC)c1ccc(N)cc1. The minimum absolute atomic E-state index is 0. The largest absolute Gasteiger partial charge is 0.399 e. The average Bonchev–Trinajstić information content (AvgIpc) is 2.10. The highest BCUT2D eigenvalue weighted by Gasteiger charge is 1.99. The van der Waals surface area contributed by atoms with Crippen LogP contribution in [-0.4, -0.2) is 13.1 Å². The van der Waals surface area contributed by atoms with Gasteiger partial charge in [0.25, 0.3) is 0 Å². The Kier molecular flexibility index (Phi) is 4.97. The van der Waals surface area contributed by atoms with Crippen LogP contribution in [0.2, 0.25) is 0 Å². The van der Waals surface area contributed by atoms with E-state index in [2.05, 4.69) is 30.9 Å². The molecule has 1 aromatic carbocycles. The maximum Gasteiger partial charge on any atom is 0.0367 e. The first-order valence-electron chi connectivity index (χ1n) is 4.38. The molecule has 0 aromatic heterocycles. The normalized spacial score (nSPS) is 9.08. The van der Waals surface area contributed by atoms with Gasteiger partial charge in [0, 0.05) is 24.5 Å². The second-order valence-corrected chi connectivity index (χ2v) is 2.76. The van der Waals surface area contributed by atoms with E-state index in [4.69, 9.17) is 5.73 Å². The highest BCUT2D eigenvalue weighted by molar-refractivity contribution is 5.52. The van der Waals surface area contributed by atoms with Crippen LogP contribution in [0.3, 0.4) is 0 Å². The Morgan fingerprint density at radius 2 is 1.54 bits per heavy atom. The first kappa shape index (κ1) is 11.8. The van der Waals surface area contributed by atoms with Gasteiger partial charge in [-0.05, 0) is 38.1 Å². The molecule has 0 aliphatic heterocycles. The zero-order chi connectivity index (χ0) is 8.97. The molecule has 0 fully saturated rings. The number of hydrogen-bond donors (Lipinski definition) is 1. The van der Waals surface area contributed by atoms with Crippen LogP contribution in [0, 0.1) is 0 Å². The first-order chi connectivity index (χ1) is 5.77. The highest BCUT2D eigenvalue weighted by atomic mass is 15.1. The lowest BCUT2D eigenvalue weighted by molar-refractivity contribution is 0.866. The zero-order valence-corrected chi connectivity index (χ0v) is 7.75. The third-order valence-corrected chi connectivity index (χ3v) is 2.02. The minimum atomic E-state index is 0. The summed E-state index contributed by atoms with van der Waals surface area (Å²) in [7, 11) is 0. The van der Waals surface area contributed by atoms with Crippen LogP contribution < -0.4 is 10.6 Å². The molecule has 0 saturated heterocycles. The fourth-order valence-corrected chi connectivity index (χ4v) is 1.27. The van der Waals surface area contributed by atoms with E-state index in [1.807, 2.05) is 12.1 Å². The maximum atomic E-state index is 5.59. The number of rotatable bonds is 3. The molecule has 2 heteroatoms. The molecule has 0 saturated carbocycles. The van der Waals surface area contributed by atoms with Crippen molar-refractivity contribution in [3.05, 3.63) is 24.3 Å². The van der Waals surface area contributed by atoms with Crippen molar-refractivity contribution < 1.29 is 0 Å². The summed E-state index contributed by atoms with van der Waals surface area (Å²) in [6.45, 7) is 6.39. The van der Waals surface area contributed by atoms with Crippen molar-refractivity contribution in [2.75, 3.05) is 23.7 Å². The topological polar surface area (TPSA) is 29.3 Å². The minimum Gasteiger partial charge on any atom is -0.399 e. The molecule has 0 aliphatic rings. The molecule has 0 unspecified atom stereocenters. The summed E-state index contributed by atoms with van der Waals surface area (Å²) >= 11 is 0. The first-order valence-corrected chi connectivity index (χ1v) is 4.38. The summed E-state index contributed by atoms with van der Waals surface area (Å²) in [5, 5.41) is 0. The van der Waals surface area contributed by atoms with E-state index in [9.17, 15) is 0 Å². The van der Waals surface area contributed by atoms with E-state index in [1.165, 1.54) is 5.69 Å². The monoisotopic (exact) mass is 180 g/mol. The van der Waals surface area contributed by atoms with Crippen LogP contribution in [0.5, 0.6) is 0 Å². The van der Waals surface area contributed by atoms with E-state index >= 15 is 0 Å². The molecule has 0 aliphatic carbocycles. The quantitative estimate of drug-likeness (QED) is 0.725. The lowest BCUT2D eigenvalue weighted by Gasteiger charge is -2.20. The third-order valence-electron chi connectivity index (χ3n) is 2.02. The number of anilines is 2. The number of nitrogens with two attached hydrogens (primary N) is 1. The predicted molar refractivity (Wildman–Crippen MR) is 61.1 cm³/mol. The van der Waals surface area contributed by atoms with Crippen molar-refractivity contribution in [2.45, 2.75) is 21.3 Å². The number of nitrogen functional groups attached to an aromatic ring is 1. The van der Waals surface area contributed by atoms with Crippen molar-refractivity contribution >= 4 is 11.4 Å². The molecule has 2 N–H and O–H groups in total. The van der Waals surface area contributed by atoms with E-state index < -0.39 is 0 Å². The molecule has 0 radical (unpaired) electrons. The summed E-state index contributed by atoms with van der Waals surface area (Å²) in [4.78, 5) is 2.29. The van der Waals surface area contributed by atoms with Gasteiger partial charge in [-0.25, -0.2) is 0 Å².